The average molecular weight is 312 g/mol. The number of halogens is 3. The molecule has 2 N–H and O–H groups in total. The zero-order chi connectivity index (χ0) is 15.5. The molecule has 0 spiro atoms. The maximum atomic E-state index is 12.8. The van der Waals surface area contributed by atoms with Crippen molar-refractivity contribution in [2.75, 3.05) is 26.4 Å². The van der Waals surface area contributed by atoms with E-state index in [1.54, 1.807) is 6.92 Å². The highest BCUT2D eigenvalue weighted by Gasteiger charge is 2.46. The molecule has 2 aliphatic rings. The number of hydrazine groups is 1. The van der Waals surface area contributed by atoms with Crippen LogP contribution >= 0.6 is 0 Å². The van der Waals surface area contributed by atoms with E-state index in [4.69, 9.17) is 14.2 Å². The summed E-state index contributed by atoms with van der Waals surface area (Å²) in [6, 6.07) is -0.902. The average Bonchev–Trinajstić information content (AvgIpc) is 2.82. The number of amides is 1. The number of hydrogen-bond donors (Lipinski definition) is 2. The van der Waals surface area contributed by atoms with Crippen molar-refractivity contribution in [1.29, 1.82) is 0 Å². The lowest BCUT2D eigenvalue weighted by atomic mass is 9.96. The standard InChI is InChI=1S/C12H19F3N2O4/c1-11(20-4-5-21-11)6-10(18)17-16-9-2-3-19-7-8(9)12(13,14)15/h8-9,16H,2-7H2,1H3,(H,17,18). The number of hydrogen-bond acceptors (Lipinski definition) is 5. The minimum absolute atomic E-state index is 0.0834. The molecule has 122 valence electrons. The Hall–Kier alpha value is -0.900. The molecule has 0 aromatic heterocycles. The molecule has 0 aliphatic carbocycles. The highest BCUT2D eigenvalue weighted by Crippen LogP contribution is 2.32. The summed E-state index contributed by atoms with van der Waals surface area (Å²) in [6.07, 6.45) is -4.28. The van der Waals surface area contributed by atoms with Crippen molar-refractivity contribution in [2.24, 2.45) is 5.92 Å². The second kappa shape index (κ2) is 6.47. The molecule has 0 aromatic carbocycles. The van der Waals surface area contributed by atoms with E-state index in [1.165, 1.54) is 0 Å². The zero-order valence-electron chi connectivity index (χ0n) is 11.7. The van der Waals surface area contributed by atoms with Gasteiger partial charge in [0, 0.05) is 12.6 Å². The zero-order valence-corrected chi connectivity index (χ0v) is 11.7. The molecule has 0 radical (unpaired) electrons. The van der Waals surface area contributed by atoms with Gasteiger partial charge >= 0.3 is 6.18 Å². The summed E-state index contributed by atoms with van der Waals surface area (Å²) in [7, 11) is 0. The summed E-state index contributed by atoms with van der Waals surface area (Å²) in [5.41, 5.74) is 4.76. The molecule has 2 unspecified atom stereocenters. The van der Waals surface area contributed by atoms with Crippen LogP contribution < -0.4 is 10.9 Å². The van der Waals surface area contributed by atoms with Crippen LogP contribution in [0.5, 0.6) is 0 Å². The first kappa shape index (κ1) is 16.5. The molecular weight excluding hydrogens is 293 g/mol. The number of ether oxygens (including phenoxy) is 3. The third kappa shape index (κ3) is 4.53. The normalized spacial score (nSPS) is 29.3. The Kier molecular flexibility index (Phi) is 5.07. The van der Waals surface area contributed by atoms with Gasteiger partial charge in [-0.3, -0.25) is 10.2 Å². The van der Waals surface area contributed by atoms with Crippen molar-refractivity contribution >= 4 is 5.91 Å². The van der Waals surface area contributed by atoms with E-state index in [2.05, 4.69) is 10.9 Å². The lowest BCUT2D eigenvalue weighted by Crippen LogP contribution is -2.55. The Balaban J connectivity index is 1.81. The van der Waals surface area contributed by atoms with E-state index in [-0.39, 0.29) is 19.4 Å². The first-order valence-corrected chi connectivity index (χ1v) is 6.77. The Morgan fingerprint density at radius 2 is 1.95 bits per heavy atom. The highest BCUT2D eigenvalue weighted by atomic mass is 19.4. The Morgan fingerprint density at radius 1 is 1.29 bits per heavy atom. The number of alkyl halides is 3. The predicted octanol–water partition coefficient (Wildman–Crippen LogP) is 0.728. The monoisotopic (exact) mass is 312 g/mol. The van der Waals surface area contributed by atoms with E-state index in [9.17, 15) is 18.0 Å². The fourth-order valence-electron chi connectivity index (χ4n) is 2.40. The Bertz CT molecular complexity index is 372. The third-order valence-corrected chi connectivity index (χ3v) is 3.55. The van der Waals surface area contributed by atoms with Gasteiger partial charge in [-0.1, -0.05) is 0 Å². The summed E-state index contributed by atoms with van der Waals surface area (Å²) in [4.78, 5) is 11.8. The molecule has 2 aliphatic heterocycles. The van der Waals surface area contributed by atoms with Crippen LogP contribution in [0.3, 0.4) is 0 Å². The number of carbonyl (C=O) groups excluding carboxylic acids is 1. The van der Waals surface area contributed by atoms with E-state index in [1.807, 2.05) is 0 Å². The third-order valence-electron chi connectivity index (χ3n) is 3.55. The van der Waals surface area contributed by atoms with Gasteiger partial charge in [-0.05, 0) is 13.3 Å². The van der Waals surface area contributed by atoms with Crippen LogP contribution in [0.1, 0.15) is 19.8 Å². The second-order valence-corrected chi connectivity index (χ2v) is 5.32. The van der Waals surface area contributed by atoms with Gasteiger partial charge in [-0.25, -0.2) is 5.43 Å². The molecule has 0 saturated carbocycles. The highest BCUT2D eigenvalue weighted by molar-refractivity contribution is 5.76. The maximum absolute atomic E-state index is 12.8. The smallest absolute Gasteiger partial charge is 0.381 e. The molecule has 2 rings (SSSR count). The van der Waals surface area contributed by atoms with Crippen LogP contribution in [0, 0.1) is 5.92 Å². The van der Waals surface area contributed by atoms with Crippen LogP contribution in [-0.4, -0.2) is 50.3 Å². The van der Waals surface area contributed by atoms with Crippen LogP contribution in [0.15, 0.2) is 0 Å². The number of carbonyl (C=O) groups is 1. The van der Waals surface area contributed by atoms with Crippen molar-refractivity contribution in [3.63, 3.8) is 0 Å². The van der Waals surface area contributed by atoms with Crippen molar-refractivity contribution in [3.8, 4) is 0 Å². The van der Waals surface area contributed by atoms with E-state index < -0.39 is 36.4 Å². The fraction of sp³-hybridized carbons (Fsp3) is 0.917. The quantitative estimate of drug-likeness (QED) is 0.749. The minimum Gasteiger partial charge on any atom is -0.381 e. The maximum Gasteiger partial charge on any atom is 0.395 e. The first-order chi connectivity index (χ1) is 9.80. The van der Waals surface area contributed by atoms with E-state index >= 15 is 0 Å². The van der Waals surface area contributed by atoms with Crippen molar-refractivity contribution < 1.29 is 32.2 Å². The molecule has 2 saturated heterocycles. The van der Waals surface area contributed by atoms with Crippen molar-refractivity contribution in [2.45, 2.75) is 37.8 Å². The van der Waals surface area contributed by atoms with Crippen LogP contribution in [0.4, 0.5) is 13.2 Å². The molecule has 2 heterocycles. The topological polar surface area (TPSA) is 68.8 Å². The number of nitrogens with one attached hydrogen (secondary N) is 2. The fourth-order valence-corrected chi connectivity index (χ4v) is 2.40. The summed E-state index contributed by atoms with van der Waals surface area (Å²) in [5, 5.41) is 0. The van der Waals surface area contributed by atoms with Gasteiger partial charge in [0.05, 0.1) is 32.2 Å². The number of rotatable bonds is 4. The summed E-state index contributed by atoms with van der Waals surface area (Å²) in [5.74, 6) is -3.13. The molecular formula is C12H19F3N2O4. The van der Waals surface area contributed by atoms with Crippen molar-refractivity contribution in [3.05, 3.63) is 0 Å². The predicted molar refractivity (Wildman–Crippen MR) is 65.0 cm³/mol. The van der Waals surface area contributed by atoms with Crippen molar-refractivity contribution in [1.82, 2.24) is 10.9 Å². The van der Waals surface area contributed by atoms with Gasteiger partial charge in [-0.2, -0.15) is 13.2 Å². The van der Waals surface area contributed by atoms with Gasteiger partial charge in [0.15, 0.2) is 5.79 Å². The van der Waals surface area contributed by atoms with Crippen LogP contribution in [0.2, 0.25) is 0 Å². The molecule has 2 atom stereocenters. The summed E-state index contributed by atoms with van der Waals surface area (Å²) in [6.45, 7) is 2.23. The molecule has 1 amide bonds. The van der Waals surface area contributed by atoms with Gasteiger partial charge in [0.2, 0.25) is 5.91 Å². The summed E-state index contributed by atoms with van der Waals surface area (Å²) >= 11 is 0. The first-order valence-electron chi connectivity index (χ1n) is 6.77. The molecule has 9 heteroatoms. The second-order valence-electron chi connectivity index (χ2n) is 5.32. The van der Waals surface area contributed by atoms with Gasteiger partial charge < -0.3 is 14.2 Å². The van der Waals surface area contributed by atoms with Crippen LogP contribution in [-0.2, 0) is 19.0 Å². The molecule has 2 fully saturated rings. The molecule has 21 heavy (non-hydrogen) atoms. The van der Waals surface area contributed by atoms with E-state index in [0.717, 1.165) is 0 Å². The SMILES string of the molecule is CC1(CC(=O)NNC2CCOCC2C(F)(F)F)OCCO1. The minimum atomic E-state index is -4.37. The lowest BCUT2D eigenvalue weighted by Gasteiger charge is -2.33. The molecule has 0 aromatic rings. The van der Waals surface area contributed by atoms with E-state index in [0.29, 0.717) is 13.2 Å². The van der Waals surface area contributed by atoms with Crippen LogP contribution in [0.25, 0.3) is 0 Å². The molecule has 0 bridgehead atoms. The van der Waals surface area contributed by atoms with Gasteiger partial charge in [0.25, 0.3) is 0 Å². The Labute approximate surface area is 120 Å². The van der Waals surface area contributed by atoms with Gasteiger partial charge in [0.1, 0.15) is 0 Å². The summed E-state index contributed by atoms with van der Waals surface area (Å²) < 4.78 is 53.9. The molecule has 6 nitrogen and oxygen atoms in total. The Morgan fingerprint density at radius 3 is 2.57 bits per heavy atom. The largest absolute Gasteiger partial charge is 0.395 e. The van der Waals surface area contributed by atoms with Gasteiger partial charge in [-0.15, -0.1) is 0 Å². The lowest BCUT2D eigenvalue weighted by molar-refractivity contribution is -0.209.